The van der Waals surface area contributed by atoms with Crippen molar-refractivity contribution in [2.45, 2.75) is 6.18 Å². The quantitative estimate of drug-likeness (QED) is 0.422. The summed E-state index contributed by atoms with van der Waals surface area (Å²) in [6.07, 6.45) is -1.52. The van der Waals surface area contributed by atoms with E-state index in [1.807, 2.05) is 0 Å². The highest BCUT2D eigenvalue weighted by Crippen LogP contribution is 2.38. The number of nitrogens with one attached hydrogen (secondary N) is 1. The number of halogens is 4. The second-order valence-corrected chi connectivity index (χ2v) is 6.38. The van der Waals surface area contributed by atoms with E-state index in [9.17, 15) is 13.2 Å². The topological polar surface area (TPSA) is 50.7 Å². The van der Waals surface area contributed by atoms with Crippen molar-refractivity contribution in [3.8, 4) is 11.1 Å². The molecule has 0 spiro atoms. The van der Waals surface area contributed by atoms with E-state index in [0.717, 1.165) is 6.07 Å². The Labute approximate surface area is 163 Å². The first-order chi connectivity index (χ1) is 13.4. The maximum Gasteiger partial charge on any atom is 0.417 e. The summed E-state index contributed by atoms with van der Waals surface area (Å²) in [5, 5.41) is 4.16. The van der Waals surface area contributed by atoms with Crippen LogP contribution < -0.4 is 5.32 Å². The van der Waals surface area contributed by atoms with Crippen LogP contribution in [-0.4, -0.2) is 15.0 Å². The van der Waals surface area contributed by atoms with Crippen molar-refractivity contribution in [2.75, 3.05) is 5.32 Å². The molecule has 4 aromatic rings. The lowest BCUT2D eigenvalue weighted by atomic mass is 9.98. The summed E-state index contributed by atoms with van der Waals surface area (Å²) in [7, 11) is 0. The number of nitrogens with zero attached hydrogens (tertiary/aromatic N) is 3. The molecule has 0 saturated heterocycles. The fraction of sp³-hybridized carbons (Fsp3) is 0.0500. The molecule has 0 fully saturated rings. The molecule has 28 heavy (non-hydrogen) atoms. The van der Waals surface area contributed by atoms with Crippen LogP contribution >= 0.6 is 11.6 Å². The lowest BCUT2D eigenvalue weighted by Crippen LogP contribution is -2.06. The first-order valence-corrected chi connectivity index (χ1v) is 8.59. The molecule has 0 aliphatic carbocycles. The molecular formula is C20H12ClF3N4. The Morgan fingerprint density at radius 1 is 0.893 bits per heavy atom. The fourth-order valence-electron chi connectivity index (χ4n) is 2.89. The van der Waals surface area contributed by atoms with Crippen LogP contribution in [-0.2, 0) is 6.18 Å². The summed E-state index contributed by atoms with van der Waals surface area (Å²) in [4.78, 5) is 12.4. The maximum absolute atomic E-state index is 13.3. The number of hydrogen-bond donors (Lipinski definition) is 1. The number of rotatable bonds is 3. The van der Waals surface area contributed by atoms with Crippen molar-refractivity contribution in [2.24, 2.45) is 0 Å². The van der Waals surface area contributed by atoms with Crippen LogP contribution in [0.1, 0.15) is 5.56 Å². The Kier molecular flexibility index (Phi) is 4.60. The zero-order valence-corrected chi connectivity index (χ0v) is 15.0. The van der Waals surface area contributed by atoms with E-state index in [1.54, 1.807) is 42.6 Å². The molecule has 2 heterocycles. The molecule has 0 radical (unpaired) electrons. The van der Waals surface area contributed by atoms with Crippen LogP contribution in [0.3, 0.4) is 0 Å². The van der Waals surface area contributed by atoms with Gasteiger partial charge in [0.05, 0.1) is 23.0 Å². The Balaban J connectivity index is 1.77. The molecule has 140 valence electrons. The lowest BCUT2D eigenvalue weighted by molar-refractivity contribution is -0.137. The van der Waals surface area contributed by atoms with E-state index in [2.05, 4.69) is 20.3 Å². The Morgan fingerprint density at radius 2 is 1.71 bits per heavy atom. The van der Waals surface area contributed by atoms with Gasteiger partial charge in [-0.1, -0.05) is 35.9 Å². The molecule has 1 N–H and O–H groups in total. The van der Waals surface area contributed by atoms with Gasteiger partial charge in [0, 0.05) is 5.39 Å². The number of fused-ring (bicyclic) bond motifs is 1. The van der Waals surface area contributed by atoms with Gasteiger partial charge in [0.25, 0.3) is 0 Å². The van der Waals surface area contributed by atoms with Crippen LogP contribution in [0.4, 0.5) is 24.7 Å². The van der Waals surface area contributed by atoms with Gasteiger partial charge in [0.15, 0.2) is 0 Å². The molecule has 0 saturated carbocycles. The SMILES string of the molecule is FC(F)(F)c1ccccc1-c1ccc2c(Nc3ccc(Cl)nc3)ncnc2c1. The molecule has 0 atom stereocenters. The third-order valence-electron chi connectivity index (χ3n) is 4.17. The molecule has 0 amide bonds. The smallest absolute Gasteiger partial charge is 0.338 e. The number of pyridine rings is 1. The molecule has 0 aliphatic rings. The van der Waals surface area contributed by atoms with Gasteiger partial charge in [-0.05, 0) is 41.5 Å². The fourth-order valence-corrected chi connectivity index (χ4v) is 3.00. The largest absolute Gasteiger partial charge is 0.417 e. The summed E-state index contributed by atoms with van der Waals surface area (Å²) >= 11 is 5.79. The first kappa shape index (κ1) is 18.2. The number of alkyl halides is 3. The molecule has 0 unspecified atom stereocenters. The normalized spacial score (nSPS) is 11.6. The zero-order valence-electron chi connectivity index (χ0n) is 14.2. The minimum atomic E-state index is -4.44. The Hall–Kier alpha value is -3.19. The van der Waals surface area contributed by atoms with Crippen molar-refractivity contribution >= 4 is 34.0 Å². The number of anilines is 2. The average molecular weight is 401 g/mol. The van der Waals surface area contributed by atoms with Gasteiger partial charge in [0.1, 0.15) is 17.3 Å². The Bertz CT molecular complexity index is 1140. The molecule has 0 aliphatic heterocycles. The summed E-state index contributed by atoms with van der Waals surface area (Å²) in [5.74, 6) is 0.518. The van der Waals surface area contributed by atoms with Gasteiger partial charge in [-0.3, -0.25) is 0 Å². The molecule has 8 heteroatoms. The molecule has 2 aromatic carbocycles. The van der Waals surface area contributed by atoms with E-state index >= 15 is 0 Å². The number of benzene rings is 2. The second-order valence-electron chi connectivity index (χ2n) is 5.99. The van der Waals surface area contributed by atoms with Crippen molar-refractivity contribution in [1.29, 1.82) is 0 Å². The van der Waals surface area contributed by atoms with E-state index < -0.39 is 11.7 Å². The average Bonchev–Trinajstić information content (AvgIpc) is 2.69. The molecule has 4 rings (SSSR count). The van der Waals surface area contributed by atoms with Crippen LogP contribution in [0.2, 0.25) is 5.15 Å². The zero-order chi connectivity index (χ0) is 19.7. The summed E-state index contributed by atoms with van der Waals surface area (Å²) in [5.41, 5.74) is 1.05. The van der Waals surface area contributed by atoms with Crippen LogP contribution in [0, 0.1) is 0 Å². The van der Waals surface area contributed by atoms with E-state index in [1.165, 1.54) is 18.5 Å². The van der Waals surface area contributed by atoms with Gasteiger partial charge in [-0.25, -0.2) is 15.0 Å². The monoisotopic (exact) mass is 400 g/mol. The standard InChI is InChI=1S/C20H12ClF3N4/c21-18-8-6-13(10-25-18)28-19-15-7-5-12(9-17(15)26-11-27-19)14-3-1-2-4-16(14)20(22,23)24/h1-11H,(H,26,27,28). The van der Waals surface area contributed by atoms with Gasteiger partial charge < -0.3 is 5.32 Å². The predicted molar refractivity (Wildman–Crippen MR) is 103 cm³/mol. The van der Waals surface area contributed by atoms with Crippen LogP contribution in [0.5, 0.6) is 0 Å². The van der Waals surface area contributed by atoms with E-state index in [-0.39, 0.29) is 5.56 Å². The molecular weight excluding hydrogens is 389 g/mol. The van der Waals surface area contributed by atoms with Crippen molar-refractivity contribution in [3.63, 3.8) is 0 Å². The Morgan fingerprint density at radius 3 is 2.46 bits per heavy atom. The van der Waals surface area contributed by atoms with Gasteiger partial charge in [0.2, 0.25) is 0 Å². The molecule has 4 nitrogen and oxygen atoms in total. The highest BCUT2D eigenvalue weighted by atomic mass is 35.5. The second kappa shape index (κ2) is 7.09. The van der Waals surface area contributed by atoms with E-state index in [4.69, 9.17) is 11.6 Å². The minimum Gasteiger partial charge on any atom is -0.338 e. The van der Waals surface area contributed by atoms with Gasteiger partial charge >= 0.3 is 6.18 Å². The summed E-state index contributed by atoms with van der Waals surface area (Å²) < 4.78 is 40.0. The number of hydrogen-bond acceptors (Lipinski definition) is 4. The highest BCUT2D eigenvalue weighted by Gasteiger charge is 2.33. The first-order valence-electron chi connectivity index (χ1n) is 8.22. The van der Waals surface area contributed by atoms with Crippen molar-refractivity contribution < 1.29 is 13.2 Å². The summed E-state index contributed by atoms with van der Waals surface area (Å²) in [6.45, 7) is 0. The summed E-state index contributed by atoms with van der Waals surface area (Å²) in [6, 6.07) is 13.8. The van der Waals surface area contributed by atoms with Crippen molar-refractivity contribution in [3.05, 3.63) is 77.8 Å². The highest BCUT2D eigenvalue weighted by molar-refractivity contribution is 6.29. The maximum atomic E-state index is 13.3. The number of aromatic nitrogens is 3. The predicted octanol–water partition coefficient (Wildman–Crippen LogP) is 6.11. The van der Waals surface area contributed by atoms with Crippen LogP contribution in [0.15, 0.2) is 67.1 Å². The third-order valence-corrected chi connectivity index (χ3v) is 4.39. The van der Waals surface area contributed by atoms with Crippen molar-refractivity contribution in [1.82, 2.24) is 15.0 Å². The van der Waals surface area contributed by atoms with E-state index in [0.29, 0.717) is 33.1 Å². The molecule has 0 bridgehead atoms. The molecule has 2 aromatic heterocycles. The third kappa shape index (κ3) is 3.61. The van der Waals surface area contributed by atoms with Gasteiger partial charge in [-0.15, -0.1) is 0 Å². The lowest BCUT2D eigenvalue weighted by Gasteiger charge is -2.14. The van der Waals surface area contributed by atoms with Gasteiger partial charge in [-0.2, -0.15) is 13.2 Å². The van der Waals surface area contributed by atoms with Crippen LogP contribution in [0.25, 0.3) is 22.0 Å². The minimum absolute atomic E-state index is 0.104.